The number of nitrogens with zero attached hydrogens (tertiary/aromatic N) is 2. The van der Waals surface area contributed by atoms with Gasteiger partial charge < -0.3 is 15.0 Å². The van der Waals surface area contributed by atoms with Crippen LogP contribution < -0.4 is 15.6 Å². The summed E-state index contributed by atoms with van der Waals surface area (Å²) in [5.41, 5.74) is 1.59. The molecule has 7 heteroatoms. The minimum absolute atomic E-state index is 0.145. The Morgan fingerprint density at radius 2 is 1.97 bits per heavy atom. The minimum Gasteiger partial charge on any atom is -0.493 e. The number of carbonyl (C=O) groups is 1. The first-order chi connectivity index (χ1) is 14.7. The summed E-state index contributed by atoms with van der Waals surface area (Å²) in [6.07, 6.45) is 2.91. The third kappa shape index (κ3) is 6.13. The summed E-state index contributed by atoms with van der Waals surface area (Å²) >= 11 is 0. The van der Waals surface area contributed by atoms with E-state index >= 15 is 0 Å². The Balaban J connectivity index is 1.57. The van der Waals surface area contributed by atoms with Crippen LogP contribution in [-0.4, -0.2) is 27.7 Å². The number of aromatic amines is 1. The van der Waals surface area contributed by atoms with Crippen molar-refractivity contribution in [3.63, 3.8) is 0 Å². The van der Waals surface area contributed by atoms with Crippen LogP contribution in [0.3, 0.4) is 0 Å². The zero-order chi connectivity index (χ0) is 21.2. The summed E-state index contributed by atoms with van der Waals surface area (Å²) in [5.74, 6) is 0.885. The average molecular weight is 404 g/mol. The van der Waals surface area contributed by atoms with Gasteiger partial charge in [0.25, 0.3) is 5.56 Å². The number of nitrogens with one attached hydrogen (secondary N) is 2. The summed E-state index contributed by atoms with van der Waals surface area (Å²) in [5, 5.41) is 11.0. The van der Waals surface area contributed by atoms with Crippen molar-refractivity contribution in [1.82, 2.24) is 20.5 Å². The zero-order valence-corrected chi connectivity index (χ0v) is 16.6. The topological polar surface area (TPSA) is 97.0 Å². The van der Waals surface area contributed by atoms with E-state index in [2.05, 4.69) is 27.1 Å². The number of hydrogen-bond acceptors (Lipinski definition) is 5. The van der Waals surface area contributed by atoms with Gasteiger partial charge in [0.2, 0.25) is 5.91 Å². The summed E-state index contributed by atoms with van der Waals surface area (Å²) < 4.78 is 5.63. The van der Waals surface area contributed by atoms with Crippen molar-refractivity contribution < 1.29 is 9.53 Å². The smallest absolute Gasteiger partial charge is 0.273 e. The first-order valence-electron chi connectivity index (χ1n) is 9.76. The molecule has 0 radical (unpaired) electrons. The Labute approximate surface area is 174 Å². The van der Waals surface area contributed by atoms with Gasteiger partial charge in [0.05, 0.1) is 6.61 Å². The zero-order valence-electron chi connectivity index (χ0n) is 16.6. The summed E-state index contributed by atoms with van der Waals surface area (Å²) in [7, 11) is 0. The van der Waals surface area contributed by atoms with Crippen LogP contribution in [0.4, 0.5) is 0 Å². The van der Waals surface area contributed by atoms with E-state index in [9.17, 15) is 9.59 Å². The molecular weight excluding hydrogens is 380 g/mol. The Hall–Kier alpha value is -3.74. The van der Waals surface area contributed by atoms with Crippen LogP contribution in [0, 0.1) is 0 Å². The van der Waals surface area contributed by atoms with E-state index in [1.165, 1.54) is 0 Å². The fourth-order valence-corrected chi connectivity index (χ4v) is 2.76. The minimum atomic E-state index is -0.353. The number of carbonyl (C=O) groups excluding carboxylic acids is 1. The number of rotatable bonds is 10. The van der Waals surface area contributed by atoms with Crippen LogP contribution in [0.5, 0.6) is 5.75 Å². The van der Waals surface area contributed by atoms with Gasteiger partial charge in [-0.2, -0.15) is 0 Å². The molecule has 0 saturated carbocycles. The second kappa shape index (κ2) is 10.7. The lowest BCUT2D eigenvalue weighted by atomic mass is 10.2. The van der Waals surface area contributed by atoms with Crippen molar-refractivity contribution in [3.05, 3.63) is 88.9 Å². The molecule has 7 nitrogen and oxygen atoms in total. The van der Waals surface area contributed by atoms with Gasteiger partial charge in [-0.25, -0.2) is 0 Å². The van der Waals surface area contributed by atoms with Gasteiger partial charge >= 0.3 is 0 Å². The molecule has 0 spiro atoms. The number of aryl methyl sites for hydroxylation is 1. The average Bonchev–Trinajstić information content (AvgIpc) is 2.78. The predicted octanol–water partition coefficient (Wildman–Crippen LogP) is 3.04. The van der Waals surface area contributed by atoms with Crippen molar-refractivity contribution in [2.45, 2.75) is 25.8 Å². The highest BCUT2D eigenvalue weighted by molar-refractivity contribution is 5.76. The third-order valence-corrected chi connectivity index (χ3v) is 4.38. The van der Waals surface area contributed by atoms with Crippen LogP contribution in [-0.2, 0) is 17.8 Å². The van der Waals surface area contributed by atoms with E-state index in [0.717, 1.165) is 12.0 Å². The van der Waals surface area contributed by atoms with Gasteiger partial charge in [0.1, 0.15) is 11.4 Å². The summed E-state index contributed by atoms with van der Waals surface area (Å²) in [4.78, 5) is 27.1. The predicted molar refractivity (Wildman–Crippen MR) is 115 cm³/mol. The highest BCUT2D eigenvalue weighted by Crippen LogP contribution is 2.20. The monoisotopic (exact) mass is 404 g/mol. The lowest BCUT2D eigenvalue weighted by Crippen LogP contribution is -2.25. The summed E-state index contributed by atoms with van der Waals surface area (Å²) in [6, 6.07) is 16.9. The van der Waals surface area contributed by atoms with Crippen LogP contribution in [0.1, 0.15) is 24.1 Å². The maximum atomic E-state index is 12.4. The van der Waals surface area contributed by atoms with Gasteiger partial charge in [-0.15, -0.1) is 16.8 Å². The van der Waals surface area contributed by atoms with Gasteiger partial charge in [-0.1, -0.05) is 48.5 Å². The van der Waals surface area contributed by atoms with Crippen LogP contribution in [0.25, 0.3) is 11.4 Å². The Morgan fingerprint density at radius 1 is 1.13 bits per heavy atom. The fourth-order valence-electron chi connectivity index (χ4n) is 2.76. The molecule has 0 saturated heterocycles. The number of benzene rings is 2. The molecule has 1 heterocycles. The van der Waals surface area contributed by atoms with E-state index in [1.807, 2.05) is 48.5 Å². The fraction of sp³-hybridized carbons (Fsp3) is 0.217. The Morgan fingerprint density at radius 3 is 2.73 bits per heavy atom. The number of hydrogen-bond donors (Lipinski definition) is 2. The number of H-pyrrole nitrogens is 1. The molecule has 0 atom stereocenters. The summed E-state index contributed by atoms with van der Waals surface area (Å²) in [6.45, 7) is 4.64. The molecule has 154 valence electrons. The molecule has 1 amide bonds. The lowest BCUT2D eigenvalue weighted by molar-refractivity contribution is -0.121. The van der Waals surface area contributed by atoms with E-state index in [4.69, 9.17) is 4.74 Å². The van der Waals surface area contributed by atoms with E-state index in [-0.39, 0.29) is 30.0 Å². The Kier molecular flexibility index (Phi) is 7.49. The molecule has 0 unspecified atom stereocenters. The number of amides is 1. The van der Waals surface area contributed by atoms with Gasteiger partial charge in [0.15, 0.2) is 5.82 Å². The second-order valence-corrected chi connectivity index (χ2v) is 6.67. The molecule has 0 aliphatic rings. The van der Waals surface area contributed by atoms with Crippen LogP contribution in [0.15, 0.2) is 72.0 Å². The van der Waals surface area contributed by atoms with E-state index < -0.39 is 0 Å². The van der Waals surface area contributed by atoms with Crippen molar-refractivity contribution in [1.29, 1.82) is 0 Å². The first kappa shape index (κ1) is 21.0. The molecule has 0 aliphatic carbocycles. The Bertz CT molecular complexity index is 1050. The standard InChI is InChI=1S/C23H24N4O3/c1-2-3-14-30-19-11-7-10-18(15-19)22-25-23(29)20(26-27-22)12-13-21(28)24-16-17-8-5-4-6-9-17/h2,4-11,15H,1,3,12-14,16H2,(H,24,28)(H,25,27,29). The van der Waals surface area contributed by atoms with Crippen LogP contribution in [0.2, 0.25) is 0 Å². The molecule has 30 heavy (non-hydrogen) atoms. The molecule has 3 rings (SSSR count). The maximum Gasteiger partial charge on any atom is 0.273 e. The maximum absolute atomic E-state index is 12.4. The number of ether oxygens (including phenoxy) is 1. The van der Waals surface area contributed by atoms with E-state index in [1.54, 1.807) is 12.1 Å². The van der Waals surface area contributed by atoms with Gasteiger partial charge in [0, 0.05) is 24.9 Å². The second-order valence-electron chi connectivity index (χ2n) is 6.67. The quantitative estimate of drug-likeness (QED) is 0.400. The van der Waals surface area contributed by atoms with Gasteiger partial charge in [-0.3, -0.25) is 9.59 Å². The third-order valence-electron chi connectivity index (χ3n) is 4.38. The van der Waals surface area contributed by atoms with Crippen LogP contribution >= 0.6 is 0 Å². The van der Waals surface area contributed by atoms with Crippen molar-refractivity contribution in [3.8, 4) is 17.1 Å². The normalized spacial score (nSPS) is 10.4. The SMILES string of the molecule is C=CCCOc1cccc(-c2nnc(CCC(=O)NCc3ccccc3)c(=O)[nH]2)c1. The molecule has 0 bridgehead atoms. The first-order valence-corrected chi connectivity index (χ1v) is 9.76. The van der Waals surface area contributed by atoms with Crippen molar-refractivity contribution in [2.24, 2.45) is 0 Å². The molecule has 2 aromatic carbocycles. The van der Waals surface area contributed by atoms with E-state index in [0.29, 0.717) is 30.3 Å². The largest absolute Gasteiger partial charge is 0.493 e. The highest BCUT2D eigenvalue weighted by Gasteiger charge is 2.10. The highest BCUT2D eigenvalue weighted by atomic mass is 16.5. The molecule has 2 N–H and O–H groups in total. The molecule has 3 aromatic rings. The molecule has 1 aromatic heterocycles. The molecule has 0 fully saturated rings. The van der Waals surface area contributed by atoms with Gasteiger partial charge in [-0.05, 0) is 24.1 Å². The molecular formula is C23H24N4O3. The number of aromatic nitrogens is 3. The molecule has 0 aliphatic heterocycles. The lowest BCUT2D eigenvalue weighted by Gasteiger charge is -2.07. The van der Waals surface area contributed by atoms with Crippen molar-refractivity contribution in [2.75, 3.05) is 6.61 Å². The van der Waals surface area contributed by atoms with Crippen molar-refractivity contribution >= 4 is 5.91 Å².